The summed E-state index contributed by atoms with van der Waals surface area (Å²) in [6.45, 7) is 2.98. The van der Waals surface area contributed by atoms with E-state index in [0.29, 0.717) is 43.1 Å². The lowest BCUT2D eigenvalue weighted by atomic mass is 9.98. The molecule has 0 spiro atoms. The van der Waals surface area contributed by atoms with Gasteiger partial charge in [-0.2, -0.15) is 0 Å². The minimum absolute atomic E-state index is 0.0316. The van der Waals surface area contributed by atoms with Gasteiger partial charge in [0.25, 0.3) is 5.91 Å². The highest BCUT2D eigenvalue weighted by atomic mass is 16.2. The van der Waals surface area contributed by atoms with Gasteiger partial charge >= 0.3 is 0 Å². The monoisotopic (exact) mass is 442 g/mol. The van der Waals surface area contributed by atoms with E-state index in [2.05, 4.69) is 9.97 Å². The van der Waals surface area contributed by atoms with Crippen LogP contribution in [0.25, 0.3) is 0 Å². The maximum atomic E-state index is 13.3. The van der Waals surface area contributed by atoms with Gasteiger partial charge in [0.1, 0.15) is 5.82 Å². The Kier molecular flexibility index (Phi) is 5.81. The van der Waals surface area contributed by atoms with Gasteiger partial charge in [-0.3, -0.25) is 24.5 Å². The van der Waals surface area contributed by atoms with E-state index in [1.54, 1.807) is 35.6 Å². The smallest absolute Gasteiger partial charge is 0.256 e. The highest BCUT2D eigenvalue weighted by Gasteiger charge is 2.34. The van der Waals surface area contributed by atoms with Crippen LogP contribution in [0.15, 0.2) is 48.9 Å². The van der Waals surface area contributed by atoms with Crippen molar-refractivity contribution in [3.63, 3.8) is 0 Å². The van der Waals surface area contributed by atoms with Crippen LogP contribution in [0, 0.1) is 6.92 Å². The van der Waals surface area contributed by atoms with Crippen molar-refractivity contribution in [1.29, 1.82) is 0 Å². The van der Waals surface area contributed by atoms with Gasteiger partial charge in [-0.1, -0.05) is 6.07 Å². The number of carbonyl (C=O) groups is 2. The molecule has 8 heteroatoms. The summed E-state index contributed by atoms with van der Waals surface area (Å²) >= 11 is 0. The molecule has 1 saturated heterocycles. The first-order valence-corrected chi connectivity index (χ1v) is 11.4. The van der Waals surface area contributed by atoms with E-state index in [9.17, 15) is 9.59 Å². The lowest BCUT2D eigenvalue weighted by Crippen LogP contribution is -2.41. The van der Waals surface area contributed by atoms with Crippen LogP contribution in [0.3, 0.4) is 0 Å². The highest BCUT2D eigenvalue weighted by molar-refractivity contribution is 5.95. The summed E-state index contributed by atoms with van der Waals surface area (Å²) in [6.07, 6.45) is 8.77. The molecule has 168 valence electrons. The molecule has 8 nitrogen and oxygen atoms in total. The fraction of sp³-hybridized carbons (Fsp3) is 0.360. The van der Waals surface area contributed by atoms with E-state index >= 15 is 0 Å². The van der Waals surface area contributed by atoms with Crippen molar-refractivity contribution in [3.05, 3.63) is 77.3 Å². The summed E-state index contributed by atoms with van der Waals surface area (Å²) in [5.41, 5.74) is 3.23. The molecule has 0 radical (unpaired) electrons. The van der Waals surface area contributed by atoms with Crippen molar-refractivity contribution >= 4 is 17.6 Å². The zero-order chi connectivity index (χ0) is 22.8. The summed E-state index contributed by atoms with van der Waals surface area (Å²) in [7, 11) is 0. The molecule has 0 aromatic carbocycles. The number of rotatable bonds is 4. The summed E-state index contributed by atoms with van der Waals surface area (Å²) < 4.78 is 0. The first-order valence-electron chi connectivity index (χ1n) is 11.4. The Balaban J connectivity index is 1.51. The van der Waals surface area contributed by atoms with Gasteiger partial charge in [-0.15, -0.1) is 0 Å². The van der Waals surface area contributed by atoms with E-state index in [0.717, 1.165) is 36.2 Å². The summed E-state index contributed by atoms with van der Waals surface area (Å²) in [4.78, 5) is 48.0. The van der Waals surface area contributed by atoms with Gasteiger partial charge < -0.3 is 4.90 Å². The number of fused-ring (bicyclic) bond motifs is 1. The van der Waals surface area contributed by atoms with Gasteiger partial charge in [0, 0.05) is 42.8 Å². The Labute approximate surface area is 192 Å². The van der Waals surface area contributed by atoms with Gasteiger partial charge in [-0.05, 0) is 56.9 Å². The molecule has 5 rings (SSSR count). The second-order valence-corrected chi connectivity index (χ2v) is 8.52. The van der Waals surface area contributed by atoms with Crippen molar-refractivity contribution < 1.29 is 9.59 Å². The Morgan fingerprint density at radius 2 is 2.00 bits per heavy atom. The Hall–Kier alpha value is -3.68. The number of anilines is 1. The molecular weight excluding hydrogens is 416 g/mol. The Morgan fingerprint density at radius 1 is 1.09 bits per heavy atom. The van der Waals surface area contributed by atoms with Gasteiger partial charge in [0.15, 0.2) is 5.82 Å². The second-order valence-electron chi connectivity index (χ2n) is 8.52. The molecule has 0 N–H and O–H groups in total. The molecule has 1 unspecified atom stereocenters. The fourth-order valence-electron chi connectivity index (χ4n) is 4.67. The number of hydrogen-bond acceptors (Lipinski definition) is 6. The number of nitrogens with zero attached hydrogens (tertiary/aromatic N) is 6. The Morgan fingerprint density at radius 3 is 2.79 bits per heavy atom. The zero-order valence-corrected chi connectivity index (χ0v) is 18.6. The summed E-state index contributed by atoms with van der Waals surface area (Å²) in [5, 5.41) is 0. The number of piperidine rings is 1. The van der Waals surface area contributed by atoms with Gasteiger partial charge in [0.05, 0.1) is 23.8 Å². The van der Waals surface area contributed by atoms with Crippen LogP contribution in [-0.4, -0.2) is 43.2 Å². The van der Waals surface area contributed by atoms with Crippen LogP contribution in [0.1, 0.15) is 64.9 Å². The maximum absolute atomic E-state index is 13.3. The number of likely N-dealkylation sites (tertiary alicyclic amines) is 1. The SMILES string of the molecule is Cc1nc(C2CCCCN2C(=O)c2cccnc2)nc2c1CCC(=O)N2Cc1ccccn1. The van der Waals surface area contributed by atoms with Crippen molar-refractivity contribution in [2.24, 2.45) is 0 Å². The molecule has 3 aromatic rings. The lowest BCUT2D eigenvalue weighted by molar-refractivity contribution is -0.119. The van der Waals surface area contributed by atoms with Gasteiger partial charge in [0.2, 0.25) is 5.91 Å². The topological polar surface area (TPSA) is 92.2 Å². The quantitative estimate of drug-likeness (QED) is 0.615. The predicted octanol–water partition coefficient (Wildman–Crippen LogP) is 3.42. The van der Waals surface area contributed by atoms with Crippen molar-refractivity contribution in [2.45, 2.75) is 51.6 Å². The third kappa shape index (κ3) is 4.20. The average molecular weight is 443 g/mol. The third-order valence-corrected chi connectivity index (χ3v) is 6.37. The number of pyridine rings is 2. The minimum Gasteiger partial charge on any atom is -0.328 e. The molecule has 33 heavy (non-hydrogen) atoms. The standard InChI is InChI=1S/C25H26N6O2/c1-17-20-10-11-22(32)31(16-19-8-2-4-13-27-19)24(20)29-23(28-17)21-9-3-5-14-30(21)25(33)18-7-6-12-26-15-18/h2,4,6-8,12-13,15,21H,3,5,9-11,14,16H2,1H3. The van der Waals surface area contributed by atoms with Crippen molar-refractivity contribution in [1.82, 2.24) is 24.8 Å². The van der Waals surface area contributed by atoms with E-state index in [4.69, 9.17) is 9.97 Å². The minimum atomic E-state index is -0.232. The highest BCUT2D eigenvalue weighted by Crippen LogP contribution is 2.35. The van der Waals surface area contributed by atoms with Crippen molar-refractivity contribution in [3.8, 4) is 0 Å². The van der Waals surface area contributed by atoms with Crippen LogP contribution in [0.5, 0.6) is 0 Å². The molecule has 3 aromatic heterocycles. The zero-order valence-electron chi connectivity index (χ0n) is 18.6. The largest absolute Gasteiger partial charge is 0.328 e. The normalized spacial score (nSPS) is 18.2. The van der Waals surface area contributed by atoms with E-state index in [1.807, 2.05) is 30.0 Å². The second kappa shape index (κ2) is 9.05. The van der Waals surface area contributed by atoms with Crippen LogP contribution < -0.4 is 4.90 Å². The molecular formula is C25H26N6O2. The number of aryl methyl sites for hydroxylation is 1. The molecule has 2 amide bonds. The molecule has 0 bridgehead atoms. The molecule has 5 heterocycles. The molecule has 1 fully saturated rings. The summed E-state index contributed by atoms with van der Waals surface area (Å²) in [6, 6.07) is 9.00. The van der Waals surface area contributed by atoms with Crippen LogP contribution in [0.2, 0.25) is 0 Å². The number of amides is 2. The van der Waals surface area contributed by atoms with E-state index in [1.165, 1.54) is 0 Å². The average Bonchev–Trinajstić information content (AvgIpc) is 2.86. The number of carbonyl (C=O) groups excluding carboxylic acids is 2. The van der Waals surface area contributed by atoms with Crippen LogP contribution in [0.4, 0.5) is 5.82 Å². The first kappa shape index (κ1) is 21.2. The predicted molar refractivity (Wildman–Crippen MR) is 122 cm³/mol. The molecule has 2 aliphatic heterocycles. The number of aromatic nitrogens is 4. The third-order valence-electron chi connectivity index (χ3n) is 6.37. The maximum Gasteiger partial charge on any atom is 0.256 e. The lowest BCUT2D eigenvalue weighted by Gasteiger charge is -2.36. The van der Waals surface area contributed by atoms with E-state index in [-0.39, 0.29) is 17.9 Å². The first-order chi connectivity index (χ1) is 16.1. The molecule has 0 saturated carbocycles. The van der Waals surface area contributed by atoms with E-state index < -0.39 is 0 Å². The molecule has 0 aliphatic carbocycles. The van der Waals surface area contributed by atoms with Crippen LogP contribution in [-0.2, 0) is 17.8 Å². The Bertz CT molecular complexity index is 1170. The van der Waals surface area contributed by atoms with Crippen LogP contribution >= 0.6 is 0 Å². The molecule has 2 aliphatic rings. The van der Waals surface area contributed by atoms with Gasteiger partial charge in [-0.25, -0.2) is 9.97 Å². The van der Waals surface area contributed by atoms with Crippen molar-refractivity contribution in [2.75, 3.05) is 11.4 Å². The fourth-order valence-corrected chi connectivity index (χ4v) is 4.67. The summed E-state index contributed by atoms with van der Waals surface area (Å²) in [5.74, 6) is 1.22. The number of hydrogen-bond donors (Lipinski definition) is 0. The molecule has 1 atom stereocenters.